The highest BCUT2D eigenvalue weighted by Crippen LogP contribution is 2.30. The highest BCUT2D eigenvalue weighted by molar-refractivity contribution is 6.31. The molecular weight excluding hydrogens is 448 g/mol. The van der Waals surface area contributed by atoms with Crippen LogP contribution in [0.2, 0.25) is 5.02 Å². The third-order valence-corrected chi connectivity index (χ3v) is 5.03. The maximum Gasteiger partial charge on any atom is 0.371 e. The molecule has 8 nitrogen and oxygen atoms in total. The number of hydrogen-bond acceptors (Lipinski definition) is 6. The number of hydrogen-bond donors (Lipinski definition) is 2. The van der Waals surface area contributed by atoms with Crippen molar-refractivity contribution in [3.05, 3.63) is 81.8 Å². The molecule has 0 aliphatic heterocycles. The zero-order valence-corrected chi connectivity index (χ0v) is 18.5. The topological polar surface area (TPSA) is 122 Å². The van der Waals surface area contributed by atoms with E-state index in [1.807, 2.05) is 6.07 Å². The Bertz CT molecular complexity index is 1270. The number of nitriles is 1. The van der Waals surface area contributed by atoms with E-state index in [0.717, 1.165) is 0 Å². The van der Waals surface area contributed by atoms with Gasteiger partial charge in [0.2, 0.25) is 5.76 Å². The second-order valence-electron chi connectivity index (χ2n) is 6.81. The van der Waals surface area contributed by atoms with Gasteiger partial charge in [-0.05, 0) is 60.5 Å². The number of furan rings is 1. The summed E-state index contributed by atoms with van der Waals surface area (Å²) in [6.07, 6.45) is 1.42. The van der Waals surface area contributed by atoms with Gasteiger partial charge < -0.3 is 24.3 Å². The number of ether oxygens (including phenoxy) is 2. The molecule has 0 bridgehead atoms. The van der Waals surface area contributed by atoms with E-state index in [9.17, 15) is 14.9 Å². The maximum absolute atomic E-state index is 12.6. The Hall–Kier alpha value is -4.22. The van der Waals surface area contributed by atoms with Crippen molar-refractivity contribution in [3.63, 3.8) is 0 Å². The van der Waals surface area contributed by atoms with Crippen LogP contribution < -0.4 is 14.8 Å². The third kappa shape index (κ3) is 5.73. The number of benzene rings is 2. The van der Waals surface area contributed by atoms with Gasteiger partial charge in [-0.1, -0.05) is 23.7 Å². The molecule has 0 saturated carbocycles. The minimum atomic E-state index is -1.17. The lowest BCUT2D eigenvalue weighted by molar-refractivity contribution is -0.112. The Labute approximate surface area is 194 Å². The number of carbonyl (C=O) groups is 2. The number of carbonyl (C=O) groups excluding carboxylic acids is 1. The van der Waals surface area contributed by atoms with Crippen molar-refractivity contribution in [1.82, 2.24) is 0 Å². The first-order valence-corrected chi connectivity index (χ1v) is 10.0. The van der Waals surface area contributed by atoms with Crippen molar-refractivity contribution in [2.24, 2.45) is 0 Å². The molecule has 0 unspecified atom stereocenters. The third-order valence-electron chi connectivity index (χ3n) is 4.62. The van der Waals surface area contributed by atoms with Crippen molar-refractivity contribution >= 4 is 35.2 Å². The number of nitrogens with zero attached hydrogens (tertiary/aromatic N) is 1. The van der Waals surface area contributed by atoms with Crippen LogP contribution in [-0.4, -0.2) is 24.1 Å². The van der Waals surface area contributed by atoms with Gasteiger partial charge in [0.25, 0.3) is 5.91 Å². The van der Waals surface area contributed by atoms with Crippen LogP contribution in [0.15, 0.2) is 58.5 Å². The molecular formula is C24H19ClN2O6. The molecule has 1 heterocycles. The van der Waals surface area contributed by atoms with Crippen molar-refractivity contribution in [1.29, 1.82) is 5.26 Å². The standard InChI is InChI=1S/C24H19ClN2O6/c1-14-18(25)4-3-5-19(14)27-23(28)16(12-26)10-15-6-8-20(22(11-15)31-2)32-13-17-7-9-21(33-17)24(29)30/h3-11H,13H2,1-2H3,(H,27,28)(H,29,30). The molecule has 0 fully saturated rings. The van der Waals surface area contributed by atoms with Crippen molar-refractivity contribution < 1.29 is 28.6 Å². The molecule has 2 N–H and O–H groups in total. The molecule has 9 heteroatoms. The number of methoxy groups -OCH3 is 1. The first-order valence-electron chi connectivity index (χ1n) is 9.63. The Morgan fingerprint density at radius 1 is 1.21 bits per heavy atom. The Balaban J connectivity index is 1.76. The van der Waals surface area contributed by atoms with Gasteiger partial charge in [-0.25, -0.2) is 4.79 Å². The maximum atomic E-state index is 12.6. The van der Waals surface area contributed by atoms with Gasteiger partial charge in [-0.2, -0.15) is 5.26 Å². The van der Waals surface area contributed by atoms with Crippen LogP contribution in [0.25, 0.3) is 6.08 Å². The number of halogens is 1. The van der Waals surface area contributed by atoms with Crippen LogP contribution >= 0.6 is 11.6 Å². The van der Waals surface area contributed by atoms with Gasteiger partial charge in [0.05, 0.1) is 7.11 Å². The number of amides is 1. The van der Waals surface area contributed by atoms with Crippen LogP contribution in [0.1, 0.15) is 27.4 Å². The molecule has 0 spiro atoms. The summed E-state index contributed by atoms with van der Waals surface area (Å²) in [5.41, 5.74) is 1.64. The molecule has 0 saturated heterocycles. The Morgan fingerprint density at radius 3 is 2.67 bits per heavy atom. The fourth-order valence-electron chi connectivity index (χ4n) is 2.86. The molecule has 3 aromatic rings. The summed E-state index contributed by atoms with van der Waals surface area (Å²) in [5, 5.41) is 21.6. The fourth-order valence-corrected chi connectivity index (χ4v) is 3.03. The fraction of sp³-hybridized carbons (Fsp3) is 0.125. The van der Waals surface area contributed by atoms with Gasteiger partial charge in [0, 0.05) is 10.7 Å². The number of carboxylic acid groups (broad SMARTS) is 1. The van der Waals surface area contributed by atoms with Gasteiger partial charge in [-0.3, -0.25) is 4.79 Å². The van der Waals surface area contributed by atoms with Crippen LogP contribution in [0, 0.1) is 18.3 Å². The first-order chi connectivity index (χ1) is 15.8. The lowest BCUT2D eigenvalue weighted by atomic mass is 10.1. The summed E-state index contributed by atoms with van der Waals surface area (Å²) in [6.45, 7) is 1.76. The van der Waals surface area contributed by atoms with E-state index >= 15 is 0 Å². The second kappa shape index (κ2) is 10.4. The molecule has 0 aliphatic carbocycles. The average molecular weight is 467 g/mol. The predicted molar refractivity (Wildman–Crippen MR) is 121 cm³/mol. The number of carboxylic acids is 1. The number of nitrogens with one attached hydrogen (secondary N) is 1. The zero-order chi connectivity index (χ0) is 24.0. The van der Waals surface area contributed by atoms with E-state index in [2.05, 4.69) is 5.32 Å². The SMILES string of the molecule is COc1cc(C=C(C#N)C(=O)Nc2cccc(Cl)c2C)ccc1OCc1ccc(C(=O)O)o1. The van der Waals surface area contributed by atoms with E-state index in [0.29, 0.717) is 39.1 Å². The summed E-state index contributed by atoms with van der Waals surface area (Å²) in [4.78, 5) is 23.5. The van der Waals surface area contributed by atoms with Crippen LogP contribution in [0.3, 0.4) is 0 Å². The van der Waals surface area contributed by atoms with E-state index in [4.69, 9.17) is 30.6 Å². The molecule has 33 heavy (non-hydrogen) atoms. The van der Waals surface area contributed by atoms with Crippen molar-refractivity contribution in [2.45, 2.75) is 13.5 Å². The Kier molecular flexibility index (Phi) is 7.38. The summed E-state index contributed by atoms with van der Waals surface area (Å²) in [6, 6.07) is 14.7. The molecule has 1 amide bonds. The normalized spacial score (nSPS) is 10.9. The van der Waals surface area contributed by atoms with Crippen molar-refractivity contribution in [2.75, 3.05) is 12.4 Å². The summed E-state index contributed by atoms with van der Waals surface area (Å²) in [7, 11) is 1.45. The minimum Gasteiger partial charge on any atom is -0.493 e. The van der Waals surface area contributed by atoms with Crippen LogP contribution in [-0.2, 0) is 11.4 Å². The van der Waals surface area contributed by atoms with Gasteiger partial charge >= 0.3 is 5.97 Å². The van der Waals surface area contributed by atoms with Gasteiger partial charge in [-0.15, -0.1) is 0 Å². The summed E-state index contributed by atoms with van der Waals surface area (Å²) in [5.74, 6) is -0.862. The molecule has 0 radical (unpaired) electrons. The minimum absolute atomic E-state index is 0.0103. The first kappa shape index (κ1) is 23.4. The summed E-state index contributed by atoms with van der Waals surface area (Å²) >= 11 is 6.08. The van der Waals surface area contributed by atoms with Crippen LogP contribution in [0.5, 0.6) is 11.5 Å². The predicted octanol–water partition coefficient (Wildman–Crippen LogP) is 5.07. The monoisotopic (exact) mass is 466 g/mol. The van der Waals surface area contributed by atoms with E-state index < -0.39 is 11.9 Å². The molecule has 2 aromatic carbocycles. The average Bonchev–Trinajstić information content (AvgIpc) is 3.28. The number of rotatable bonds is 8. The smallest absolute Gasteiger partial charge is 0.371 e. The van der Waals surface area contributed by atoms with Gasteiger partial charge in [0.15, 0.2) is 11.5 Å². The lowest BCUT2D eigenvalue weighted by Crippen LogP contribution is -2.14. The number of aromatic carboxylic acids is 1. The Morgan fingerprint density at radius 2 is 2.00 bits per heavy atom. The van der Waals surface area contributed by atoms with Gasteiger partial charge in [0.1, 0.15) is 24.0 Å². The highest BCUT2D eigenvalue weighted by atomic mass is 35.5. The molecule has 1 aromatic heterocycles. The largest absolute Gasteiger partial charge is 0.493 e. The van der Waals surface area contributed by atoms with Crippen molar-refractivity contribution in [3.8, 4) is 17.6 Å². The van der Waals surface area contributed by atoms with E-state index in [-0.39, 0.29) is 17.9 Å². The molecule has 3 rings (SSSR count). The zero-order valence-electron chi connectivity index (χ0n) is 17.7. The summed E-state index contributed by atoms with van der Waals surface area (Å²) < 4.78 is 16.2. The molecule has 168 valence electrons. The second-order valence-corrected chi connectivity index (χ2v) is 7.21. The van der Waals surface area contributed by atoms with Crippen LogP contribution in [0.4, 0.5) is 5.69 Å². The van der Waals surface area contributed by atoms with E-state index in [1.54, 1.807) is 43.3 Å². The lowest BCUT2D eigenvalue weighted by Gasteiger charge is -2.11. The molecule has 0 atom stereocenters. The quantitative estimate of drug-likeness (QED) is 0.351. The highest BCUT2D eigenvalue weighted by Gasteiger charge is 2.14. The van der Waals surface area contributed by atoms with E-state index in [1.165, 1.54) is 25.3 Å². The molecule has 0 aliphatic rings. The number of anilines is 1.